The Labute approximate surface area is 173 Å². The molecule has 1 heterocycles. The van der Waals surface area contributed by atoms with E-state index in [0.29, 0.717) is 18.1 Å². The van der Waals surface area contributed by atoms with Crippen molar-refractivity contribution >= 4 is 16.9 Å². The summed E-state index contributed by atoms with van der Waals surface area (Å²) in [5, 5.41) is 7.38. The summed E-state index contributed by atoms with van der Waals surface area (Å²) in [6, 6.07) is 15.0. The first-order chi connectivity index (χ1) is 14.4. The van der Waals surface area contributed by atoms with Crippen LogP contribution in [0, 0.1) is 6.92 Å². The van der Waals surface area contributed by atoms with Crippen LogP contribution in [0.4, 0.5) is 13.2 Å². The molecule has 0 radical (unpaired) electrons. The van der Waals surface area contributed by atoms with Crippen molar-refractivity contribution in [2.45, 2.75) is 26.2 Å². The minimum Gasteiger partial charge on any atom is -0.484 e. The fourth-order valence-corrected chi connectivity index (χ4v) is 2.99. The topological polar surface area (TPSA) is 58.5 Å². The van der Waals surface area contributed by atoms with Gasteiger partial charge in [-0.3, -0.25) is 9.98 Å². The maximum atomic E-state index is 12.5. The van der Waals surface area contributed by atoms with Gasteiger partial charge in [0.25, 0.3) is 0 Å². The number of ether oxygens (including phenoxy) is 1. The van der Waals surface area contributed by atoms with Crippen molar-refractivity contribution in [3.8, 4) is 5.75 Å². The molecule has 5 nitrogen and oxygen atoms in total. The van der Waals surface area contributed by atoms with Gasteiger partial charge in [-0.05, 0) is 30.2 Å². The summed E-state index contributed by atoms with van der Waals surface area (Å²) in [5.74, 6) is 0.721. The number of rotatable bonds is 6. The van der Waals surface area contributed by atoms with Crippen molar-refractivity contribution in [3.05, 3.63) is 71.4 Å². The van der Waals surface area contributed by atoms with E-state index in [4.69, 9.17) is 4.74 Å². The molecule has 0 fully saturated rings. The second kappa shape index (κ2) is 9.47. The van der Waals surface area contributed by atoms with Gasteiger partial charge in [-0.2, -0.15) is 13.2 Å². The lowest BCUT2D eigenvalue weighted by Gasteiger charge is -2.16. The van der Waals surface area contributed by atoms with Crippen molar-refractivity contribution in [1.29, 1.82) is 0 Å². The first-order valence-corrected chi connectivity index (χ1v) is 9.42. The highest BCUT2D eigenvalue weighted by molar-refractivity contribution is 5.83. The Morgan fingerprint density at radius 2 is 1.77 bits per heavy atom. The molecule has 8 heteroatoms. The second-order valence-corrected chi connectivity index (χ2v) is 6.79. The Bertz CT molecular complexity index is 1030. The Hall–Kier alpha value is -3.29. The molecule has 0 aliphatic rings. The number of para-hydroxylation sites is 1. The van der Waals surface area contributed by atoms with Crippen LogP contribution in [-0.2, 0) is 13.1 Å². The van der Waals surface area contributed by atoms with Crippen LogP contribution >= 0.6 is 0 Å². The lowest BCUT2D eigenvalue weighted by atomic mass is 10.1. The number of aromatic nitrogens is 1. The van der Waals surface area contributed by atoms with E-state index in [-0.39, 0.29) is 12.3 Å². The van der Waals surface area contributed by atoms with E-state index in [0.717, 1.165) is 22.0 Å². The number of guanidine groups is 1. The number of hydrogen-bond acceptors (Lipinski definition) is 3. The zero-order chi connectivity index (χ0) is 21.6. The number of nitrogens with one attached hydrogen (secondary N) is 2. The molecule has 3 rings (SSSR count). The number of alkyl halides is 3. The first-order valence-electron chi connectivity index (χ1n) is 9.42. The molecule has 2 aromatic carbocycles. The number of pyridine rings is 1. The molecule has 2 N–H and O–H groups in total. The van der Waals surface area contributed by atoms with Gasteiger partial charge in [-0.15, -0.1) is 0 Å². The van der Waals surface area contributed by atoms with Crippen molar-refractivity contribution in [3.63, 3.8) is 0 Å². The lowest BCUT2D eigenvalue weighted by Crippen LogP contribution is -2.36. The van der Waals surface area contributed by atoms with Crippen LogP contribution in [0.25, 0.3) is 10.9 Å². The Morgan fingerprint density at radius 3 is 2.50 bits per heavy atom. The fraction of sp³-hybridized carbons (Fsp3) is 0.273. The highest BCUT2D eigenvalue weighted by Crippen LogP contribution is 2.23. The standard InChI is InChI=1S/C22H23F3N4O/c1-15-8-9-17(19(11-15)30-14-22(23,24)25)12-28-21(26-2)29-13-18-6-3-5-16-7-4-10-27-20(16)18/h3-11H,12-14H2,1-2H3,(H2,26,28,29). The Kier molecular flexibility index (Phi) is 6.76. The molecule has 0 bridgehead atoms. The molecule has 0 aliphatic heterocycles. The molecular formula is C22H23F3N4O. The molecule has 3 aromatic rings. The summed E-state index contributed by atoms with van der Waals surface area (Å²) < 4.78 is 42.6. The first kappa shape index (κ1) is 21.4. The number of aryl methyl sites for hydroxylation is 1. The monoisotopic (exact) mass is 416 g/mol. The SMILES string of the molecule is CN=C(NCc1ccc(C)cc1OCC(F)(F)F)NCc1cccc2cccnc12. The smallest absolute Gasteiger partial charge is 0.422 e. The van der Waals surface area contributed by atoms with Crippen LogP contribution in [-0.4, -0.2) is 30.8 Å². The summed E-state index contributed by atoms with van der Waals surface area (Å²) >= 11 is 0. The van der Waals surface area contributed by atoms with Crippen LogP contribution in [0.5, 0.6) is 5.75 Å². The number of hydrogen-bond donors (Lipinski definition) is 2. The largest absolute Gasteiger partial charge is 0.484 e. The minimum atomic E-state index is -4.39. The summed E-state index contributed by atoms with van der Waals surface area (Å²) in [6.07, 6.45) is -2.64. The molecule has 0 atom stereocenters. The second-order valence-electron chi connectivity index (χ2n) is 6.79. The van der Waals surface area contributed by atoms with Gasteiger partial charge in [0.15, 0.2) is 12.6 Å². The van der Waals surface area contributed by atoms with Gasteiger partial charge in [0.05, 0.1) is 5.52 Å². The molecule has 30 heavy (non-hydrogen) atoms. The fourth-order valence-electron chi connectivity index (χ4n) is 2.99. The van der Waals surface area contributed by atoms with Gasteiger partial charge in [0.2, 0.25) is 0 Å². The molecule has 0 amide bonds. The summed E-state index contributed by atoms with van der Waals surface area (Å²) in [6.45, 7) is 1.24. The van der Waals surface area contributed by atoms with Crippen molar-refractivity contribution in [2.24, 2.45) is 4.99 Å². The van der Waals surface area contributed by atoms with Crippen molar-refractivity contribution in [2.75, 3.05) is 13.7 Å². The van der Waals surface area contributed by atoms with Crippen molar-refractivity contribution in [1.82, 2.24) is 15.6 Å². The molecule has 0 saturated heterocycles. The van der Waals surface area contributed by atoms with E-state index < -0.39 is 12.8 Å². The number of nitrogens with zero attached hydrogens (tertiary/aromatic N) is 2. The van der Waals surface area contributed by atoms with Gasteiger partial charge < -0.3 is 15.4 Å². The zero-order valence-electron chi connectivity index (χ0n) is 16.8. The van der Waals surface area contributed by atoms with Crippen LogP contribution in [0.15, 0.2) is 59.7 Å². The van der Waals surface area contributed by atoms with Gasteiger partial charge in [-0.1, -0.05) is 36.4 Å². The molecule has 158 valence electrons. The quantitative estimate of drug-likeness (QED) is 0.463. The molecule has 0 unspecified atom stereocenters. The molecular weight excluding hydrogens is 393 g/mol. The van der Waals surface area contributed by atoms with Gasteiger partial charge in [0.1, 0.15) is 5.75 Å². The number of halogens is 3. The average Bonchev–Trinajstić information content (AvgIpc) is 2.73. The number of fused-ring (bicyclic) bond motifs is 1. The van der Waals surface area contributed by atoms with E-state index in [2.05, 4.69) is 20.6 Å². The van der Waals surface area contributed by atoms with Crippen molar-refractivity contribution < 1.29 is 17.9 Å². The van der Waals surface area contributed by atoms with Gasteiger partial charge in [-0.25, -0.2) is 0 Å². The third-order valence-electron chi connectivity index (χ3n) is 4.45. The van der Waals surface area contributed by atoms with Crippen LogP contribution < -0.4 is 15.4 Å². The van der Waals surface area contributed by atoms with E-state index in [1.165, 1.54) is 0 Å². The number of benzene rings is 2. The lowest BCUT2D eigenvalue weighted by molar-refractivity contribution is -0.153. The Morgan fingerprint density at radius 1 is 1.03 bits per heavy atom. The summed E-state index contributed by atoms with van der Waals surface area (Å²) in [5.41, 5.74) is 3.35. The summed E-state index contributed by atoms with van der Waals surface area (Å²) in [7, 11) is 1.63. The zero-order valence-corrected chi connectivity index (χ0v) is 16.8. The van der Waals surface area contributed by atoms with Gasteiger partial charge >= 0.3 is 6.18 Å². The highest BCUT2D eigenvalue weighted by atomic mass is 19.4. The predicted molar refractivity (Wildman–Crippen MR) is 112 cm³/mol. The molecule has 0 aliphatic carbocycles. The highest BCUT2D eigenvalue weighted by Gasteiger charge is 2.28. The maximum Gasteiger partial charge on any atom is 0.422 e. The predicted octanol–water partition coefficient (Wildman–Crippen LogP) is 4.35. The van der Waals surface area contributed by atoms with E-state index in [9.17, 15) is 13.2 Å². The third-order valence-corrected chi connectivity index (χ3v) is 4.45. The normalized spacial score (nSPS) is 12.1. The van der Waals surface area contributed by atoms with Crippen LogP contribution in [0.3, 0.4) is 0 Å². The Balaban J connectivity index is 1.64. The minimum absolute atomic E-state index is 0.202. The van der Waals surface area contributed by atoms with Gasteiger partial charge in [0, 0.05) is 37.3 Å². The molecule has 0 spiro atoms. The number of aliphatic imine (C=N–C) groups is 1. The molecule has 1 aromatic heterocycles. The van der Waals surface area contributed by atoms with E-state index >= 15 is 0 Å². The van der Waals surface area contributed by atoms with Crippen LogP contribution in [0.2, 0.25) is 0 Å². The maximum absolute atomic E-state index is 12.5. The van der Waals surface area contributed by atoms with E-state index in [1.807, 2.05) is 36.4 Å². The molecule has 0 saturated carbocycles. The third kappa shape index (κ3) is 5.85. The summed E-state index contributed by atoms with van der Waals surface area (Å²) in [4.78, 5) is 8.61. The average molecular weight is 416 g/mol. The van der Waals surface area contributed by atoms with Crippen LogP contribution in [0.1, 0.15) is 16.7 Å². The van der Waals surface area contributed by atoms with E-state index in [1.54, 1.807) is 32.3 Å².